The van der Waals surface area contributed by atoms with Crippen LogP contribution >= 0.6 is 22.7 Å². The molecule has 7 heteroatoms. The molecule has 4 rings (SSSR count). The summed E-state index contributed by atoms with van der Waals surface area (Å²) in [6.07, 6.45) is 3.66. The van der Waals surface area contributed by atoms with Crippen LogP contribution in [0.25, 0.3) is 0 Å². The standard InChI is InChI=1S/C16H20N4OS2/c1-12-18-13(9-23-12)7-20-11-16(6-15(20)21)2-4-19(10-16)8-14-17-3-5-22-14/h3,5,9H,2,4,6-8,10-11H2,1H3/t16-/m1/s1. The van der Waals surface area contributed by atoms with E-state index in [4.69, 9.17) is 0 Å². The SMILES string of the molecule is Cc1nc(CN2C[C@]3(CCN(Cc4nccs4)C3)CC2=O)cs1. The van der Waals surface area contributed by atoms with E-state index >= 15 is 0 Å². The van der Waals surface area contributed by atoms with E-state index in [0.29, 0.717) is 13.0 Å². The Morgan fingerprint density at radius 1 is 1.30 bits per heavy atom. The minimum Gasteiger partial charge on any atom is -0.336 e. The summed E-state index contributed by atoms with van der Waals surface area (Å²) in [6.45, 7) is 6.53. The Morgan fingerprint density at radius 2 is 2.22 bits per heavy atom. The van der Waals surface area contributed by atoms with Crippen molar-refractivity contribution in [3.63, 3.8) is 0 Å². The fraction of sp³-hybridized carbons (Fsp3) is 0.562. The van der Waals surface area contributed by atoms with E-state index in [1.807, 2.05) is 23.4 Å². The molecule has 0 aromatic carbocycles. The highest BCUT2D eigenvalue weighted by Crippen LogP contribution is 2.41. The van der Waals surface area contributed by atoms with Crippen LogP contribution < -0.4 is 0 Å². The Bertz CT molecular complexity index is 699. The highest BCUT2D eigenvalue weighted by Gasteiger charge is 2.47. The Kier molecular flexibility index (Phi) is 3.95. The minimum absolute atomic E-state index is 0.138. The van der Waals surface area contributed by atoms with Gasteiger partial charge in [-0.2, -0.15) is 0 Å². The van der Waals surface area contributed by atoms with Crippen LogP contribution in [0.1, 0.15) is 28.6 Å². The second-order valence-corrected chi connectivity index (χ2v) is 8.71. The predicted octanol–water partition coefficient (Wildman–Crippen LogP) is 2.53. The molecule has 0 unspecified atom stereocenters. The lowest BCUT2D eigenvalue weighted by Crippen LogP contribution is -2.31. The number of hydrogen-bond acceptors (Lipinski definition) is 6. The number of aryl methyl sites for hydroxylation is 1. The number of hydrogen-bond donors (Lipinski definition) is 0. The van der Waals surface area contributed by atoms with E-state index in [1.165, 1.54) is 5.01 Å². The third-order valence-corrected chi connectivity index (χ3v) is 6.37. The number of carbonyl (C=O) groups excluding carboxylic acids is 1. The molecular formula is C16H20N4OS2. The van der Waals surface area contributed by atoms with Gasteiger partial charge in [0, 0.05) is 41.9 Å². The van der Waals surface area contributed by atoms with Crippen LogP contribution in [0.15, 0.2) is 17.0 Å². The number of thiazole rings is 2. The van der Waals surface area contributed by atoms with Crippen LogP contribution in [0, 0.1) is 12.3 Å². The molecule has 0 aliphatic carbocycles. The van der Waals surface area contributed by atoms with Crippen molar-refractivity contribution >= 4 is 28.6 Å². The Labute approximate surface area is 144 Å². The molecule has 2 saturated heterocycles. The molecule has 0 N–H and O–H groups in total. The van der Waals surface area contributed by atoms with E-state index in [0.717, 1.165) is 43.3 Å². The molecule has 0 bridgehead atoms. The van der Waals surface area contributed by atoms with Crippen LogP contribution in [0.2, 0.25) is 0 Å². The third kappa shape index (κ3) is 3.18. The molecule has 2 aliphatic rings. The number of amides is 1. The number of rotatable bonds is 4. The quantitative estimate of drug-likeness (QED) is 0.852. The van der Waals surface area contributed by atoms with Crippen molar-refractivity contribution in [3.8, 4) is 0 Å². The number of aromatic nitrogens is 2. The van der Waals surface area contributed by atoms with E-state index < -0.39 is 0 Å². The normalized spacial score (nSPS) is 25.1. The van der Waals surface area contributed by atoms with Gasteiger partial charge in [0.2, 0.25) is 5.91 Å². The zero-order valence-electron chi connectivity index (χ0n) is 13.2. The molecule has 2 fully saturated rings. The second-order valence-electron chi connectivity index (χ2n) is 6.67. The summed E-state index contributed by atoms with van der Waals surface area (Å²) in [4.78, 5) is 25.8. The summed E-state index contributed by atoms with van der Waals surface area (Å²) in [5.74, 6) is 0.284. The highest BCUT2D eigenvalue weighted by atomic mass is 32.1. The van der Waals surface area contributed by atoms with Gasteiger partial charge >= 0.3 is 0 Å². The molecule has 4 heterocycles. The molecule has 1 spiro atoms. The van der Waals surface area contributed by atoms with Gasteiger partial charge in [0.25, 0.3) is 0 Å². The van der Waals surface area contributed by atoms with Crippen molar-refractivity contribution in [2.45, 2.75) is 32.9 Å². The maximum Gasteiger partial charge on any atom is 0.223 e. The first-order valence-electron chi connectivity index (χ1n) is 7.91. The van der Waals surface area contributed by atoms with Gasteiger partial charge < -0.3 is 4.90 Å². The average molecular weight is 348 g/mol. The average Bonchev–Trinajstić information content (AvgIpc) is 3.26. The van der Waals surface area contributed by atoms with Crippen molar-refractivity contribution in [3.05, 3.63) is 32.7 Å². The molecule has 0 radical (unpaired) electrons. The maximum absolute atomic E-state index is 12.4. The Balaban J connectivity index is 1.39. The number of likely N-dealkylation sites (tertiary alicyclic amines) is 2. The number of carbonyl (C=O) groups is 1. The Hall–Kier alpha value is -1.31. The molecule has 1 atom stereocenters. The zero-order chi connectivity index (χ0) is 15.9. The lowest BCUT2D eigenvalue weighted by atomic mass is 9.86. The summed E-state index contributed by atoms with van der Waals surface area (Å²) in [7, 11) is 0. The minimum atomic E-state index is 0.138. The van der Waals surface area contributed by atoms with E-state index in [1.54, 1.807) is 22.7 Å². The fourth-order valence-corrected chi connectivity index (χ4v) is 5.02. The maximum atomic E-state index is 12.4. The second kappa shape index (κ2) is 5.96. The number of nitrogens with zero attached hydrogens (tertiary/aromatic N) is 4. The molecule has 122 valence electrons. The monoisotopic (exact) mass is 348 g/mol. The highest BCUT2D eigenvalue weighted by molar-refractivity contribution is 7.09. The van der Waals surface area contributed by atoms with Crippen LogP contribution in [0.5, 0.6) is 0 Å². The largest absolute Gasteiger partial charge is 0.336 e. The molecule has 1 amide bonds. The van der Waals surface area contributed by atoms with Gasteiger partial charge in [-0.1, -0.05) is 0 Å². The summed E-state index contributed by atoms with van der Waals surface area (Å²) in [5, 5.41) is 6.33. The molecule has 2 aromatic rings. The lowest BCUT2D eigenvalue weighted by molar-refractivity contribution is -0.128. The van der Waals surface area contributed by atoms with E-state index in [9.17, 15) is 4.79 Å². The van der Waals surface area contributed by atoms with Gasteiger partial charge in [-0.05, 0) is 19.9 Å². The fourth-order valence-electron chi connectivity index (χ4n) is 3.76. The first-order valence-corrected chi connectivity index (χ1v) is 9.67. The van der Waals surface area contributed by atoms with Crippen molar-refractivity contribution in [1.82, 2.24) is 19.8 Å². The summed E-state index contributed by atoms with van der Waals surface area (Å²) >= 11 is 3.36. The summed E-state index contributed by atoms with van der Waals surface area (Å²) < 4.78 is 0. The van der Waals surface area contributed by atoms with Crippen molar-refractivity contribution in [2.24, 2.45) is 5.41 Å². The smallest absolute Gasteiger partial charge is 0.223 e. The first-order chi connectivity index (χ1) is 11.1. The zero-order valence-corrected chi connectivity index (χ0v) is 14.8. The Morgan fingerprint density at radius 3 is 2.96 bits per heavy atom. The van der Waals surface area contributed by atoms with Gasteiger partial charge in [-0.15, -0.1) is 22.7 Å². The predicted molar refractivity (Wildman–Crippen MR) is 91.3 cm³/mol. The topological polar surface area (TPSA) is 49.3 Å². The molecular weight excluding hydrogens is 328 g/mol. The lowest BCUT2D eigenvalue weighted by Gasteiger charge is -2.23. The van der Waals surface area contributed by atoms with Crippen LogP contribution in [0.4, 0.5) is 0 Å². The van der Waals surface area contributed by atoms with Crippen LogP contribution in [-0.4, -0.2) is 45.3 Å². The molecule has 5 nitrogen and oxygen atoms in total. The van der Waals surface area contributed by atoms with Crippen molar-refractivity contribution < 1.29 is 4.79 Å². The molecule has 23 heavy (non-hydrogen) atoms. The van der Waals surface area contributed by atoms with Gasteiger partial charge in [0.05, 0.1) is 23.8 Å². The summed E-state index contributed by atoms with van der Waals surface area (Å²) in [5.41, 5.74) is 1.16. The van der Waals surface area contributed by atoms with Crippen LogP contribution in [0.3, 0.4) is 0 Å². The molecule has 0 saturated carbocycles. The van der Waals surface area contributed by atoms with Crippen LogP contribution in [-0.2, 0) is 17.9 Å². The van der Waals surface area contributed by atoms with Gasteiger partial charge in [-0.25, -0.2) is 9.97 Å². The molecule has 2 aliphatic heterocycles. The van der Waals surface area contributed by atoms with Gasteiger partial charge in [-0.3, -0.25) is 9.69 Å². The van der Waals surface area contributed by atoms with Gasteiger partial charge in [0.1, 0.15) is 5.01 Å². The first kappa shape index (κ1) is 15.2. The third-order valence-electron chi connectivity index (χ3n) is 4.78. The van der Waals surface area contributed by atoms with Crippen molar-refractivity contribution in [2.75, 3.05) is 19.6 Å². The van der Waals surface area contributed by atoms with E-state index in [-0.39, 0.29) is 11.3 Å². The molecule has 2 aromatic heterocycles. The van der Waals surface area contributed by atoms with E-state index in [2.05, 4.69) is 20.2 Å². The summed E-state index contributed by atoms with van der Waals surface area (Å²) in [6, 6.07) is 0. The van der Waals surface area contributed by atoms with Gasteiger partial charge in [0.15, 0.2) is 0 Å². The van der Waals surface area contributed by atoms with Crippen molar-refractivity contribution in [1.29, 1.82) is 0 Å².